The second-order valence-corrected chi connectivity index (χ2v) is 12.3. The zero-order valence-electron chi connectivity index (χ0n) is 21.9. The zero-order valence-corrected chi connectivity index (χ0v) is 21.9. The van der Waals surface area contributed by atoms with Crippen molar-refractivity contribution in [3.8, 4) is 11.5 Å². The first kappa shape index (κ1) is 23.8. The highest BCUT2D eigenvalue weighted by Gasteiger charge is 2.51. The molecule has 1 N–H and O–H groups in total. The molecule has 3 aromatic rings. The number of hydrogen-bond donors (Lipinski definition) is 1. The Bertz CT molecular complexity index is 1290. The molecule has 4 saturated carbocycles. The number of carbonyl (C=O) groups excluding carboxylic acids is 1. The van der Waals surface area contributed by atoms with E-state index in [0.29, 0.717) is 6.42 Å². The zero-order chi connectivity index (χ0) is 25.5. The molecule has 38 heavy (non-hydrogen) atoms. The van der Waals surface area contributed by atoms with Crippen LogP contribution in [0.2, 0.25) is 0 Å². The number of carbonyl (C=O) groups is 1. The molecular formula is C32H36N4O2. The lowest BCUT2D eigenvalue weighted by Crippen LogP contribution is -2.47. The number of para-hydroxylation sites is 1. The third-order valence-corrected chi connectivity index (χ3v) is 9.33. The van der Waals surface area contributed by atoms with Crippen molar-refractivity contribution in [3.63, 3.8) is 0 Å². The molecule has 6 nitrogen and oxygen atoms in total. The molecule has 196 valence electrons. The van der Waals surface area contributed by atoms with E-state index < -0.39 is 0 Å². The van der Waals surface area contributed by atoms with Gasteiger partial charge in [-0.2, -0.15) is 0 Å². The maximum absolute atomic E-state index is 13.3. The molecule has 0 spiro atoms. The number of nitrogens with one attached hydrogen (secondary N) is 1. The number of ether oxygens (including phenoxy) is 1. The third-order valence-electron chi connectivity index (χ3n) is 9.33. The average molecular weight is 509 g/mol. The Balaban J connectivity index is 0.993. The molecule has 4 fully saturated rings. The summed E-state index contributed by atoms with van der Waals surface area (Å²) in [4.78, 5) is 24.8. The van der Waals surface area contributed by atoms with Crippen LogP contribution >= 0.6 is 0 Å². The largest absolute Gasteiger partial charge is 0.457 e. The quantitative estimate of drug-likeness (QED) is 0.402. The van der Waals surface area contributed by atoms with E-state index in [-0.39, 0.29) is 11.3 Å². The summed E-state index contributed by atoms with van der Waals surface area (Å²) < 4.78 is 6.03. The highest BCUT2D eigenvalue weighted by Crippen LogP contribution is 2.61. The number of aromatic nitrogens is 2. The van der Waals surface area contributed by atoms with E-state index in [1.165, 1.54) is 44.1 Å². The predicted octanol–water partition coefficient (Wildman–Crippen LogP) is 6.37. The normalized spacial score (nSPS) is 27.6. The van der Waals surface area contributed by atoms with Crippen LogP contribution < -0.4 is 10.1 Å². The molecule has 4 aliphatic carbocycles. The Kier molecular flexibility index (Phi) is 6.15. The van der Waals surface area contributed by atoms with E-state index in [4.69, 9.17) is 4.74 Å². The summed E-state index contributed by atoms with van der Waals surface area (Å²) in [6.07, 6.45) is 11.1. The second-order valence-electron chi connectivity index (χ2n) is 12.3. The van der Waals surface area contributed by atoms with Gasteiger partial charge in [0.15, 0.2) is 0 Å². The van der Waals surface area contributed by atoms with Gasteiger partial charge in [0, 0.05) is 31.6 Å². The van der Waals surface area contributed by atoms with Gasteiger partial charge in [-0.05, 0) is 97.9 Å². The Morgan fingerprint density at radius 3 is 2.45 bits per heavy atom. The van der Waals surface area contributed by atoms with Crippen molar-refractivity contribution in [1.82, 2.24) is 14.9 Å². The second kappa shape index (κ2) is 9.81. The van der Waals surface area contributed by atoms with Crippen molar-refractivity contribution in [2.24, 2.45) is 23.2 Å². The van der Waals surface area contributed by atoms with Crippen LogP contribution in [0, 0.1) is 23.2 Å². The molecule has 6 heteroatoms. The van der Waals surface area contributed by atoms with Gasteiger partial charge < -0.3 is 10.1 Å². The smallest absolute Gasteiger partial charge is 0.226 e. The molecule has 8 rings (SSSR count). The fourth-order valence-corrected chi connectivity index (χ4v) is 8.26. The molecule has 5 aliphatic rings. The molecule has 4 bridgehead atoms. The van der Waals surface area contributed by atoms with Crippen molar-refractivity contribution >= 4 is 11.7 Å². The van der Waals surface area contributed by atoms with Crippen molar-refractivity contribution in [1.29, 1.82) is 0 Å². The summed E-state index contributed by atoms with van der Waals surface area (Å²) in [5, 5.41) is 3.22. The molecule has 2 heterocycles. The molecular weight excluding hydrogens is 472 g/mol. The maximum Gasteiger partial charge on any atom is 0.226 e. The van der Waals surface area contributed by atoms with Crippen LogP contribution in [0.1, 0.15) is 61.8 Å². The van der Waals surface area contributed by atoms with Crippen LogP contribution in [-0.4, -0.2) is 27.3 Å². The van der Waals surface area contributed by atoms with Gasteiger partial charge in [-0.1, -0.05) is 30.3 Å². The van der Waals surface area contributed by atoms with Crippen molar-refractivity contribution in [2.75, 3.05) is 11.9 Å². The van der Waals surface area contributed by atoms with Crippen LogP contribution in [0.15, 0.2) is 60.9 Å². The van der Waals surface area contributed by atoms with E-state index in [0.717, 1.165) is 72.4 Å². The lowest BCUT2D eigenvalue weighted by molar-refractivity contribution is -0.124. The summed E-state index contributed by atoms with van der Waals surface area (Å²) in [7, 11) is 0. The van der Waals surface area contributed by atoms with Gasteiger partial charge >= 0.3 is 0 Å². The number of rotatable bonds is 7. The van der Waals surface area contributed by atoms with Gasteiger partial charge in [0.2, 0.25) is 5.91 Å². The molecule has 0 saturated heterocycles. The third kappa shape index (κ3) is 4.94. The van der Waals surface area contributed by atoms with E-state index in [2.05, 4.69) is 32.3 Å². The van der Waals surface area contributed by atoms with E-state index in [1.807, 2.05) is 42.5 Å². The van der Waals surface area contributed by atoms with Gasteiger partial charge in [-0.3, -0.25) is 9.69 Å². The van der Waals surface area contributed by atoms with Gasteiger partial charge in [0.05, 0.1) is 5.69 Å². The Labute approximate surface area is 224 Å². The van der Waals surface area contributed by atoms with Crippen molar-refractivity contribution < 1.29 is 9.53 Å². The van der Waals surface area contributed by atoms with E-state index >= 15 is 0 Å². The summed E-state index contributed by atoms with van der Waals surface area (Å²) in [5.74, 6) is 5.13. The molecule has 1 amide bonds. The first-order valence-corrected chi connectivity index (χ1v) is 14.3. The van der Waals surface area contributed by atoms with Gasteiger partial charge in [0.25, 0.3) is 0 Å². The number of fused-ring (bicyclic) bond motifs is 1. The SMILES string of the molecule is O=C(CC12CC3CC(CC(C3)C1)C2)Nc1ncnc2c1CCN(Cc1cccc(Oc3ccccc3)c1)C2. The number of anilines is 1. The van der Waals surface area contributed by atoms with E-state index in [1.54, 1.807) is 6.33 Å². The van der Waals surface area contributed by atoms with Crippen LogP contribution in [0.5, 0.6) is 11.5 Å². The highest BCUT2D eigenvalue weighted by molar-refractivity contribution is 5.91. The topological polar surface area (TPSA) is 67.4 Å². The molecule has 0 unspecified atom stereocenters. The monoisotopic (exact) mass is 508 g/mol. The summed E-state index contributed by atoms with van der Waals surface area (Å²) in [6, 6.07) is 18.2. The number of hydrogen-bond acceptors (Lipinski definition) is 5. The van der Waals surface area contributed by atoms with E-state index in [9.17, 15) is 4.79 Å². The fourth-order valence-electron chi connectivity index (χ4n) is 8.26. The molecule has 1 aromatic heterocycles. The summed E-state index contributed by atoms with van der Waals surface area (Å²) in [6.45, 7) is 2.48. The minimum Gasteiger partial charge on any atom is -0.457 e. The molecule has 1 aliphatic heterocycles. The first-order valence-electron chi connectivity index (χ1n) is 14.3. The summed E-state index contributed by atoms with van der Waals surface area (Å²) in [5.41, 5.74) is 3.57. The van der Waals surface area contributed by atoms with Crippen LogP contribution in [0.3, 0.4) is 0 Å². The first-order chi connectivity index (χ1) is 18.6. The highest BCUT2D eigenvalue weighted by atomic mass is 16.5. The Morgan fingerprint density at radius 2 is 1.68 bits per heavy atom. The number of benzene rings is 2. The van der Waals surface area contributed by atoms with Crippen LogP contribution in [0.4, 0.5) is 5.82 Å². The molecule has 2 aromatic carbocycles. The Hall–Kier alpha value is -3.25. The lowest BCUT2D eigenvalue weighted by atomic mass is 9.49. The Morgan fingerprint density at radius 1 is 0.947 bits per heavy atom. The molecule has 0 radical (unpaired) electrons. The van der Waals surface area contributed by atoms with Crippen molar-refractivity contribution in [2.45, 2.75) is 64.5 Å². The number of nitrogens with zero attached hydrogens (tertiary/aromatic N) is 3. The minimum atomic E-state index is 0.144. The maximum atomic E-state index is 13.3. The average Bonchev–Trinajstić information content (AvgIpc) is 2.88. The van der Waals surface area contributed by atoms with Crippen LogP contribution in [0.25, 0.3) is 0 Å². The summed E-state index contributed by atoms with van der Waals surface area (Å²) >= 11 is 0. The predicted molar refractivity (Wildman–Crippen MR) is 147 cm³/mol. The van der Waals surface area contributed by atoms with Gasteiger partial charge in [0.1, 0.15) is 23.6 Å². The fraction of sp³-hybridized carbons (Fsp3) is 0.469. The number of amides is 1. The lowest BCUT2D eigenvalue weighted by Gasteiger charge is -2.56. The van der Waals surface area contributed by atoms with Gasteiger partial charge in [-0.25, -0.2) is 9.97 Å². The standard InChI is InChI=1S/C32H36N4O2/c37-30(18-32-15-23-11-24(16-32)13-25(12-23)17-32)35-31-28-9-10-36(20-29(28)33-21-34-31)19-22-5-4-8-27(14-22)38-26-6-2-1-3-7-26/h1-8,14,21,23-25H,9-13,15-20H2,(H,33,34,35,37). The minimum absolute atomic E-state index is 0.144. The van der Waals surface area contributed by atoms with Crippen LogP contribution in [-0.2, 0) is 24.3 Å². The van der Waals surface area contributed by atoms with Gasteiger partial charge in [-0.15, -0.1) is 0 Å². The van der Waals surface area contributed by atoms with Crippen molar-refractivity contribution in [3.05, 3.63) is 77.7 Å². The molecule has 0 atom stereocenters.